The lowest BCUT2D eigenvalue weighted by Gasteiger charge is -2.18. The number of hydrogen-bond acceptors (Lipinski definition) is 3. The maximum absolute atomic E-state index is 6.00. The molecule has 4 heteroatoms. The van der Waals surface area contributed by atoms with Crippen LogP contribution in [-0.4, -0.2) is 14.2 Å². The summed E-state index contributed by atoms with van der Waals surface area (Å²) in [6.45, 7) is 2.11. The largest absolute Gasteiger partial charge is 0.496 e. The molecule has 0 fully saturated rings. The van der Waals surface area contributed by atoms with Crippen molar-refractivity contribution in [2.45, 2.75) is 13.0 Å². The highest BCUT2D eigenvalue weighted by molar-refractivity contribution is 7.12. The van der Waals surface area contributed by atoms with Gasteiger partial charge in [-0.3, -0.25) is 0 Å². The first kappa shape index (κ1) is 13.4. The van der Waals surface area contributed by atoms with Gasteiger partial charge in [-0.15, -0.1) is 11.3 Å². The van der Waals surface area contributed by atoms with Crippen LogP contribution in [0.5, 0.6) is 5.75 Å². The molecule has 0 bridgehead atoms. The van der Waals surface area contributed by atoms with Gasteiger partial charge in [0.1, 0.15) is 5.75 Å². The van der Waals surface area contributed by atoms with Crippen LogP contribution in [0, 0.1) is 6.92 Å². The van der Waals surface area contributed by atoms with Gasteiger partial charge in [0.2, 0.25) is 0 Å². The molecule has 96 valence electrons. The van der Waals surface area contributed by atoms with E-state index >= 15 is 0 Å². The van der Waals surface area contributed by atoms with Crippen LogP contribution in [0.4, 0.5) is 0 Å². The fourth-order valence-electron chi connectivity index (χ4n) is 1.98. The normalized spacial score (nSPS) is 12.4. The smallest absolute Gasteiger partial charge is 0.125 e. The number of rotatable bonds is 4. The number of nitrogens with one attached hydrogen (secondary N) is 1. The van der Waals surface area contributed by atoms with Crippen molar-refractivity contribution in [2.24, 2.45) is 0 Å². The molecule has 1 aromatic carbocycles. The van der Waals surface area contributed by atoms with Gasteiger partial charge in [-0.1, -0.05) is 17.7 Å². The fraction of sp³-hybridized carbons (Fsp3) is 0.286. The molecule has 0 radical (unpaired) electrons. The van der Waals surface area contributed by atoms with Gasteiger partial charge in [-0.05, 0) is 38.2 Å². The lowest BCUT2D eigenvalue weighted by atomic mass is 10.0. The number of halogens is 1. The topological polar surface area (TPSA) is 21.3 Å². The van der Waals surface area contributed by atoms with E-state index in [2.05, 4.69) is 24.4 Å². The van der Waals surface area contributed by atoms with Crippen molar-refractivity contribution >= 4 is 22.9 Å². The molecule has 2 aromatic rings. The van der Waals surface area contributed by atoms with Gasteiger partial charge < -0.3 is 10.1 Å². The molecule has 1 atom stereocenters. The summed E-state index contributed by atoms with van der Waals surface area (Å²) in [6, 6.07) is 10.2. The molecule has 1 heterocycles. The molecule has 0 aliphatic rings. The third-order valence-corrected chi connectivity index (χ3v) is 4.14. The minimum Gasteiger partial charge on any atom is -0.496 e. The van der Waals surface area contributed by atoms with Gasteiger partial charge in [-0.25, -0.2) is 0 Å². The summed E-state index contributed by atoms with van der Waals surface area (Å²) in [5.41, 5.74) is 1.10. The molecule has 0 saturated heterocycles. The highest BCUT2D eigenvalue weighted by Crippen LogP contribution is 2.34. The van der Waals surface area contributed by atoms with Crippen LogP contribution in [0.1, 0.15) is 21.4 Å². The third kappa shape index (κ3) is 2.69. The molecule has 18 heavy (non-hydrogen) atoms. The second kappa shape index (κ2) is 5.74. The van der Waals surface area contributed by atoms with Crippen molar-refractivity contribution in [2.75, 3.05) is 14.2 Å². The molecule has 1 aromatic heterocycles. The van der Waals surface area contributed by atoms with Crippen molar-refractivity contribution in [1.82, 2.24) is 5.32 Å². The van der Waals surface area contributed by atoms with Gasteiger partial charge in [0, 0.05) is 20.3 Å². The van der Waals surface area contributed by atoms with Crippen molar-refractivity contribution in [3.63, 3.8) is 0 Å². The first-order chi connectivity index (χ1) is 8.65. The molecular formula is C14H16ClNOS. The van der Waals surface area contributed by atoms with E-state index in [4.69, 9.17) is 16.3 Å². The van der Waals surface area contributed by atoms with Gasteiger partial charge in [0.05, 0.1) is 13.2 Å². The van der Waals surface area contributed by atoms with E-state index in [1.54, 1.807) is 18.4 Å². The van der Waals surface area contributed by atoms with Crippen LogP contribution in [0.3, 0.4) is 0 Å². The molecule has 0 spiro atoms. The third-order valence-electron chi connectivity index (χ3n) is 2.84. The van der Waals surface area contributed by atoms with Crippen LogP contribution in [0.2, 0.25) is 5.02 Å². The minimum absolute atomic E-state index is 0.135. The molecule has 0 aliphatic carbocycles. The van der Waals surface area contributed by atoms with Crippen molar-refractivity contribution in [1.29, 1.82) is 0 Å². The number of benzene rings is 1. The van der Waals surface area contributed by atoms with Gasteiger partial charge in [0.25, 0.3) is 0 Å². The van der Waals surface area contributed by atoms with Gasteiger partial charge >= 0.3 is 0 Å². The quantitative estimate of drug-likeness (QED) is 0.914. The molecule has 1 N–H and O–H groups in total. The standard InChI is InChI=1S/C14H16ClNOS/c1-9-4-7-13(18-9)14(16-2)11-6-5-10(15)8-12(11)17-3/h4-8,14,16H,1-3H3. The number of ether oxygens (including phenoxy) is 1. The Labute approximate surface area is 117 Å². The van der Waals surface area contributed by atoms with Crippen molar-refractivity contribution in [3.05, 3.63) is 50.7 Å². The molecule has 0 saturated carbocycles. The van der Waals surface area contributed by atoms with E-state index in [9.17, 15) is 0 Å². The van der Waals surface area contributed by atoms with E-state index < -0.39 is 0 Å². The zero-order valence-electron chi connectivity index (χ0n) is 10.7. The minimum atomic E-state index is 0.135. The molecule has 0 amide bonds. The van der Waals surface area contributed by atoms with Crippen LogP contribution in [0.25, 0.3) is 0 Å². The Bertz CT molecular complexity index is 538. The Kier molecular flexibility index (Phi) is 4.27. The number of methoxy groups -OCH3 is 1. The number of aryl methyl sites for hydroxylation is 1. The summed E-state index contributed by atoms with van der Waals surface area (Å²) >= 11 is 7.78. The monoisotopic (exact) mass is 281 g/mol. The van der Waals surface area contributed by atoms with Crippen LogP contribution in [-0.2, 0) is 0 Å². The maximum atomic E-state index is 6.00. The Morgan fingerprint density at radius 3 is 2.61 bits per heavy atom. The van der Waals surface area contributed by atoms with E-state index in [-0.39, 0.29) is 6.04 Å². The van der Waals surface area contributed by atoms with Crippen LogP contribution < -0.4 is 10.1 Å². The molecule has 0 aliphatic heterocycles. The maximum Gasteiger partial charge on any atom is 0.125 e. The highest BCUT2D eigenvalue weighted by atomic mass is 35.5. The summed E-state index contributed by atoms with van der Waals surface area (Å²) < 4.78 is 5.42. The zero-order valence-corrected chi connectivity index (χ0v) is 12.2. The second-order valence-corrected chi connectivity index (χ2v) is 5.81. The predicted molar refractivity (Wildman–Crippen MR) is 78.0 cm³/mol. The summed E-state index contributed by atoms with van der Waals surface area (Å²) in [5.74, 6) is 0.813. The SMILES string of the molecule is CNC(c1ccc(C)s1)c1ccc(Cl)cc1OC. The summed E-state index contributed by atoms with van der Waals surface area (Å²) in [6.07, 6.45) is 0. The lowest BCUT2D eigenvalue weighted by molar-refractivity contribution is 0.406. The summed E-state index contributed by atoms with van der Waals surface area (Å²) in [4.78, 5) is 2.58. The average Bonchev–Trinajstić information content (AvgIpc) is 2.78. The highest BCUT2D eigenvalue weighted by Gasteiger charge is 2.18. The average molecular weight is 282 g/mol. The number of thiophene rings is 1. The van der Waals surface area contributed by atoms with Crippen molar-refractivity contribution in [3.8, 4) is 5.75 Å². The molecule has 2 nitrogen and oxygen atoms in total. The van der Waals surface area contributed by atoms with Gasteiger partial charge in [0.15, 0.2) is 0 Å². The van der Waals surface area contributed by atoms with Crippen molar-refractivity contribution < 1.29 is 4.74 Å². The Hall–Kier alpha value is -1.03. The lowest BCUT2D eigenvalue weighted by Crippen LogP contribution is -2.17. The van der Waals surface area contributed by atoms with E-state index in [0.717, 1.165) is 11.3 Å². The summed E-state index contributed by atoms with van der Waals surface area (Å²) in [7, 11) is 3.62. The zero-order chi connectivity index (χ0) is 13.1. The Balaban J connectivity index is 2.44. The van der Waals surface area contributed by atoms with Crippen LogP contribution in [0.15, 0.2) is 30.3 Å². The molecular weight excluding hydrogens is 266 g/mol. The number of hydrogen-bond donors (Lipinski definition) is 1. The molecule has 1 unspecified atom stereocenters. The summed E-state index contributed by atoms with van der Waals surface area (Å²) in [5, 5.41) is 4.02. The first-order valence-corrected chi connectivity index (χ1v) is 6.92. The van der Waals surface area contributed by atoms with Crippen LogP contribution >= 0.6 is 22.9 Å². The first-order valence-electron chi connectivity index (χ1n) is 5.72. The fourth-order valence-corrected chi connectivity index (χ4v) is 3.15. The van der Waals surface area contributed by atoms with E-state index in [1.165, 1.54) is 9.75 Å². The Morgan fingerprint density at radius 1 is 1.28 bits per heavy atom. The Morgan fingerprint density at radius 2 is 2.06 bits per heavy atom. The molecule has 2 rings (SSSR count). The predicted octanol–water partition coefficient (Wildman–Crippen LogP) is 4.03. The van der Waals surface area contributed by atoms with E-state index in [1.807, 2.05) is 25.2 Å². The second-order valence-electron chi connectivity index (χ2n) is 4.06. The van der Waals surface area contributed by atoms with E-state index in [0.29, 0.717) is 5.02 Å². The van der Waals surface area contributed by atoms with Gasteiger partial charge in [-0.2, -0.15) is 0 Å².